The van der Waals surface area contributed by atoms with Gasteiger partial charge in [-0.15, -0.1) is 0 Å². The summed E-state index contributed by atoms with van der Waals surface area (Å²) in [5.74, 6) is -0.227. The molecule has 0 aliphatic heterocycles. The Morgan fingerprint density at radius 3 is 2.77 bits per heavy atom. The lowest BCUT2D eigenvalue weighted by atomic mass is 9.84. The molecule has 0 N–H and O–H groups in total. The van der Waals surface area contributed by atoms with Gasteiger partial charge in [0.1, 0.15) is 12.4 Å². The van der Waals surface area contributed by atoms with Gasteiger partial charge >= 0.3 is 5.97 Å². The number of ketones is 1. The van der Waals surface area contributed by atoms with Gasteiger partial charge in [-0.3, -0.25) is 9.59 Å². The van der Waals surface area contributed by atoms with Crippen LogP contribution >= 0.6 is 15.9 Å². The highest BCUT2D eigenvalue weighted by Crippen LogP contribution is 2.24. The van der Waals surface area contributed by atoms with Crippen LogP contribution in [0, 0.1) is 5.92 Å². The third-order valence-electron chi connectivity index (χ3n) is 2.13. The molecule has 74 valence electrons. The van der Waals surface area contributed by atoms with Crippen LogP contribution in [0.2, 0.25) is 0 Å². The van der Waals surface area contributed by atoms with Crippen LogP contribution in [0.1, 0.15) is 26.2 Å². The lowest BCUT2D eigenvalue weighted by Crippen LogP contribution is -2.32. The summed E-state index contributed by atoms with van der Waals surface area (Å²) in [4.78, 5) is 22.0. The number of hydrogen-bond acceptors (Lipinski definition) is 3. The smallest absolute Gasteiger partial charge is 0.309 e. The minimum Gasteiger partial charge on any atom is -0.464 e. The maximum absolute atomic E-state index is 11.2. The molecule has 0 saturated heterocycles. The van der Waals surface area contributed by atoms with Gasteiger partial charge in [-0.2, -0.15) is 0 Å². The molecule has 0 aromatic carbocycles. The van der Waals surface area contributed by atoms with Crippen molar-refractivity contribution in [2.75, 3.05) is 6.61 Å². The molecule has 0 heterocycles. The van der Waals surface area contributed by atoms with E-state index in [4.69, 9.17) is 4.74 Å². The lowest BCUT2D eigenvalue weighted by Gasteiger charge is -2.22. The molecule has 0 spiro atoms. The molecule has 4 heteroatoms. The fraction of sp³-hybridized carbons (Fsp3) is 0.778. The number of halogens is 1. The Morgan fingerprint density at radius 2 is 2.31 bits per heavy atom. The highest BCUT2D eigenvalue weighted by atomic mass is 79.9. The Labute approximate surface area is 86.0 Å². The molecule has 13 heavy (non-hydrogen) atoms. The zero-order chi connectivity index (χ0) is 9.84. The van der Waals surface area contributed by atoms with E-state index in [1.165, 1.54) is 0 Å². The molecule has 1 aliphatic rings. The van der Waals surface area contributed by atoms with Gasteiger partial charge in [0.25, 0.3) is 0 Å². The van der Waals surface area contributed by atoms with E-state index < -0.39 is 0 Å². The second kappa shape index (κ2) is 4.74. The van der Waals surface area contributed by atoms with Crippen molar-refractivity contribution in [2.24, 2.45) is 5.92 Å². The Balaban J connectivity index is 2.15. The molecular weight excluding hydrogens is 236 g/mol. The van der Waals surface area contributed by atoms with E-state index in [1.54, 1.807) is 0 Å². The Hall–Kier alpha value is -0.380. The van der Waals surface area contributed by atoms with Crippen molar-refractivity contribution in [2.45, 2.75) is 31.0 Å². The molecule has 1 unspecified atom stereocenters. The average Bonchev–Trinajstić information content (AvgIpc) is 2.08. The summed E-state index contributed by atoms with van der Waals surface area (Å²) in [6.07, 6.45) is 1.67. The van der Waals surface area contributed by atoms with Crippen molar-refractivity contribution in [1.82, 2.24) is 0 Å². The fourth-order valence-corrected chi connectivity index (χ4v) is 1.20. The second-order valence-corrected chi connectivity index (χ2v) is 4.57. The van der Waals surface area contributed by atoms with Crippen LogP contribution in [0.3, 0.4) is 0 Å². The monoisotopic (exact) mass is 248 g/mol. The summed E-state index contributed by atoms with van der Waals surface area (Å²) >= 11 is 3.36. The predicted molar refractivity (Wildman–Crippen MR) is 51.7 cm³/mol. The molecule has 1 aliphatic carbocycles. The van der Waals surface area contributed by atoms with Crippen molar-refractivity contribution >= 4 is 27.7 Å². The number of carbonyl (C=O) groups excluding carboxylic acids is 2. The average molecular weight is 249 g/mol. The van der Waals surface area contributed by atoms with Gasteiger partial charge in [0.05, 0.1) is 5.92 Å². The van der Waals surface area contributed by atoms with Crippen molar-refractivity contribution < 1.29 is 14.3 Å². The van der Waals surface area contributed by atoms with Gasteiger partial charge in [0, 0.05) is 17.7 Å². The largest absolute Gasteiger partial charge is 0.464 e. The topological polar surface area (TPSA) is 43.4 Å². The normalized spacial score (nSPS) is 19.4. The van der Waals surface area contributed by atoms with Crippen LogP contribution in [-0.4, -0.2) is 23.2 Å². The fourth-order valence-electron chi connectivity index (χ4n) is 1.06. The van der Waals surface area contributed by atoms with E-state index in [1.807, 2.05) is 6.92 Å². The molecule has 0 amide bonds. The first-order chi connectivity index (χ1) is 6.13. The molecule has 1 rings (SSSR count). The van der Waals surface area contributed by atoms with Crippen molar-refractivity contribution in [3.05, 3.63) is 0 Å². The summed E-state index contributed by atoms with van der Waals surface area (Å²) < 4.78 is 5.01. The molecule has 1 fully saturated rings. The van der Waals surface area contributed by atoms with E-state index in [-0.39, 0.29) is 22.5 Å². The molecule has 3 nitrogen and oxygen atoms in total. The van der Waals surface area contributed by atoms with Crippen molar-refractivity contribution in [3.63, 3.8) is 0 Å². The third-order valence-corrected chi connectivity index (χ3v) is 3.04. The Morgan fingerprint density at radius 1 is 1.69 bits per heavy atom. The number of esters is 1. The Kier molecular flexibility index (Phi) is 3.90. The van der Waals surface area contributed by atoms with Crippen LogP contribution in [0.15, 0.2) is 0 Å². The first kappa shape index (κ1) is 10.7. The number of ether oxygens (including phenoxy) is 1. The van der Waals surface area contributed by atoms with Gasteiger partial charge in [-0.1, -0.05) is 22.9 Å². The molecule has 0 aromatic heterocycles. The minimum absolute atomic E-state index is 0.160. The van der Waals surface area contributed by atoms with E-state index in [9.17, 15) is 9.59 Å². The van der Waals surface area contributed by atoms with Crippen molar-refractivity contribution in [3.8, 4) is 0 Å². The van der Waals surface area contributed by atoms with Crippen molar-refractivity contribution in [1.29, 1.82) is 0 Å². The molecular formula is C9H13BrO3. The number of alkyl halides is 1. The lowest BCUT2D eigenvalue weighted by molar-refractivity contribution is -0.155. The molecule has 0 bridgehead atoms. The van der Waals surface area contributed by atoms with Crippen LogP contribution in [-0.2, 0) is 14.3 Å². The van der Waals surface area contributed by atoms with Gasteiger partial charge in [-0.25, -0.2) is 0 Å². The number of carbonyl (C=O) groups is 2. The van der Waals surface area contributed by atoms with E-state index >= 15 is 0 Å². The van der Waals surface area contributed by atoms with Gasteiger partial charge in [0.2, 0.25) is 0 Å². The van der Waals surface area contributed by atoms with Crippen LogP contribution in [0.4, 0.5) is 0 Å². The summed E-state index contributed by atoms with van der Waals surface area (Å²) in [6.45, 7) is 2.42. The zero-order valence-corrected chi connectivity index (χ0v) is 9.17. The minimum atomic E-state index is -0.225. The molecule has 1 saturated carbocycles. The predicted octanol–water partition coefficient (Wildman–Crippen LogP) is 1.68. The second-order valence-electron chi connectivity index (χ2n) is 3.28. The van der Waals surface area contributed by atoms with Crippen LogP contribution in [0.5, 0.6) is 0 Å². The van der Waals surface area contributed by atoms with E-state index in [2.05, 4.69) is 15.9 Å². The standard InChI is InChI=1S/C9H13BrO3/c1-2-7(10)5-13-9(12)6-3-8(11)4-6/h6-7H,2-5H2,1H3. The third kappa shape index (κ3) is 3.10. The maximum Gasteiger partial charge on any atom is 0.309 e. The van der Waals surface area contributed by atoms with E-state index in [0.717, 1.165) is 6.42 Å². The molecule has 0 aromatic rings. The number of Topliss-reactive ketones (excluding diaryl/α,β-unsaturated/α-hetero) is 1. The van der Waals surface area contributed by atoms with E-state index in [0.29, 0.717) is 19.4 Å². The summed E-state index contributed by atoms with van der Waals surface area (Å²) in [5.41, 5.74) is 0. The summed E-state index contributed by atoms with van der Waals surface area (Å²) in [5, 5.41) is 0. The van der Waals surface area contributed by atoms with Gasteiger partial charge in [-0.05, 0) is 6.42 Å². The van der Waals surface area contributed by atoms with Gasteiger partial charge < -0.3 is 4.74 Å². The van der Waals surface area contributed by atoms with Crippen LogP contribution in [0.25, 0.3) is 0 Å². The summed E-state index contributed by atoms with van der Waals surface area (Å²) in [7, 11) is 0. The first-order valence-corrected chi connectivity index (χ1v) is 5.37. The summed E-state index contributed by atoms with van der Waals surface area (Å²) in [6, 6.07) is 0. The number of hydrogen-bond donors (Lipinski definition) is 0. The maximum atomic E-state index is 11.2. The van der Waals surface area contributed by atoms with Gasteiger partial charge in [0.15, 0.2) is 0 Å². The zero-order valence-electron chi connectivity index (χ0n) is 7.59. The highest BCUT2D eigenvalue weighted by Gasteiger charge is 2.34. The molecule has 0 radical (unpaired) electrons. The SMILES string of the molecule is CCC(Br)COC(=O)C1CC(=O)C1. The number of rotatable bonds is 4. The first-order valence-electron chi connectivity index (χ1n) is 4.46. The quantitative estimate of drug-likeness (QED) is 0.562. The Bertz CT molecular complexity index is 207. The van der Waals surface area contributed by atoms with Crippen LogP contribution < -0.4 is 0 Å². The highest BCUT2D eigenvalue weighted by molar-refractivity contribution is 9.09. The molecule has 1 atom stereocenters.